The summed E-state index contributed by atoms with van der Waals surface area (Å²) in [6.07, 6.45) is 0. The number of carbonyl (C=O) groups excluding carboxylic acids is 1. The van der Waals surface area contributed by atoms with E-state index < -0.39 is 0 Å². The molecular weight excluding hydrogens is 606 g/mol. The molecule has 0 spiro atoms. The van der Waals surface area contributed by atoms with Crippen LogP contribution in [0, 0.1) is 11.3 Å². The largest absolute Gasteiger partial charge is 0.288 e. The number of halogens is 3. The maximum Gasteiger partial charge on any atom is 0.202 e. The van der Waals surface area contributed by atoms with Gasteiger partial charge in [-0.15, -0.1) is 0 Å². The molecule has 35 heavy (non-hydrogen) atoms. The van der Waals surface area contributed by atoms with Gasteiger partial charge < -0.3 is 0 Å². The predicted molar refractivity (Wildman–Crippen MR) is 149 cm³/mol. The summed E-state index contributed by atoms with van der Waals surface area (Å²) in [5.41, 5.74) is 7.44. The number of carbonyl (C=O) groups is 1. The Morgan fingerprint density at radius 3 is 2.46 bits per heavy atom. The summed E-state index contributed by atoms with van der Waals surface area (Å²) in [6.45, 7) is 0. The van der Waals surface area contributed by atoms with Gasteiger partial charge in [0.05, 0.1) is 10.5 Å². The van der Waals surface area contributed by atoms with Crippen molar-refractivity contribution in [3.63, 3.8) is 0 Å². The third kappa shape index (κ3) is 3.72. The van der Waals surface area contributed by atoms with E-state index >= 15 is 0 Å². The number of benzene rings is 4. The molecular formula is C29H14Br2ClNOS. The highest BCUT2D eigenvalue weighted by Crippen LogP contribution is 2.52. The number of ketones is 1. The van der Waals surface area contributed by atoms with Gasteiger partial charge in [-0.2, -0.15) is 5.26 Å². The Kier molecular flexibility index (Phi) is 5.74. The molecule has 2 nitrogen and oxygen atoms in total. The number of fused-ring (bicyclic) bond motifs is 4. The van der Waals surface area contributed by atoms with E-state index in [-0.39, 0.29) is 11.7 Å². The van der Waals surface area contributed by atoms with Crippen LogP contribution in [0.4, 0.5) is 0 Å². The highest BCUT2D eigenvalue weighted by atomic mass is 79.9. The van der Waals surface area contributed by atoms with E-state index in [1.165, 1.54) is 17.3 Å². The van der Waals surface area contributed by atoms with Crippen molar-refractivity contribution >= 4 is 66.6 Å². The number of rotatable bonds is 2. The lowest BCUT2D eigenvalue weighted by atomic mass is 9.89. The Labute approximate surface area is 228 Å². The van der Waals surface area contributed by atoms with Crippen molar-refractivity contribution in [1.82, 2.24) is 0 Å². The quantitative estimate of drug-likeness (QED) is 0.146. The number of hydrogen-bond donors (Lipinski definition) is 0. The summed E-state index contributed by atoms with van der Waals surface area (Å²) in [4.78, 5) is 14.6. The van der Waals surface area contributed by atoms with Crippen molar-refractivity contribution in [3.8, 4) is 17.2 Å². The maximum absolute atomic E-state index is 13.2. The molecule has 2 aliphatic rings. The van der Waals surface area contributed by atoms with Gasteiger partial charge in [-0.25, -0.2) is 0 Å². The zero-order valence-electron chi connectivity index (χ0n) is 18.0. The second kappa shape index (κ2) is 8.80. The number of allylic oxidation sites excluding steroid dienone is 2. The zero-order valence-corrected chi connectivity index (χ0v) is 22.7. The van der Waals surface area contributed by atoms with E-state index in [2.05, 4.69) is 62.2 Å². The molecule has 0 N–H and O–H groups in total. The van der Waals surface area contributed by atoms with Gasteiger partial charge in [0.15, 0.2) is 0 Å². The molecule has 0 fully saturated rings. The smallest absolute Gasteiger partial charge is 0.202 e. The van der Waals surface area contributed by atoms with Crippen molar-refractivity contribution in [1.29, 1.82) is 5.26 Å². The van der Waals surface area contributed by atoms with Gasteiger partial charge in [0.1, 0.15) is 6.07 Å². The van der Waals surface area contributed by atoms with Crippen molar-refractivity contribution in [2.45, 2.75) is 10.8 Å². The van der Waals surface area contributed by atoms with Crippen molar-refractivity contribution in [3.05, 3.63) is 126 Å². The topological polar surface area (TPSA) is 40.9 Å². The fourth-order valence-electron chi connectivity index (χ4n) is 4.89. The van der Waals surface area contributed by atoms with Gasteiger partial charge in [-0.3, -0.25) is 4.79 Å². The molecule has 4 aromatic rings. The number of thioether (sulfide) groups is 1. The molecule has 1 aliphatic heterocycles. The van der Waals surface area contributed by atoms with Crippen LogP contribution in [0.2, 0.25) is 5.02 Å². The Balaban J connectivity index is 1.54. The standard InChI is InChI=1S/C29H14Br2ClNOS/c30-17-7-10-25-22(13-17)28(34)29(35-25)23(14-33)16-11-21-19-3-1-2-4-20(19)26(27(21)24(31)12-16)15-5-8-18(32)9-6-15/h1-13,26H. The molecule has 1 heterocycles. The molecule has 0 amide bonds. The molecule has 6 rings (SSSR count). The van der Waals surface area contributed by atoms with Crippen LogP contribution >= 0.6 is 55.2 Å². The Hall–Kier alpha value is -2.62. The van der Waals surface area contributed by atoms with E-state index in [4.69, 9.17) is 11.6 Å². The number of Topliss-reactive ketones (excluding diaryl/α,β-unsaturated/α-hetero) is 1. The van der Waals surface area contributed by atoms with Gasteiger partial charge in [0.25, 0.3) is 0 Å². The van der Waals surface area contributed by atoms with Crippen LogP contribution in [0.15, 0.2) is 97.6 Å². The molecule has 0 saturated heterocycles. The van der Waals surface area contributed by atoms with E-state index in [0.717, 1.165) is 41.7 Å². The number of hydrogen-bond acceptors (Lipinski definition) is 3. The van der Waals surface area contributed by atoms with Crippen LogP contribution in [0.1, 0.15) is 38.5 Å². The van der Waals surface area contributed by atoms with Crippen LogP contribution < -0.4 is 0 Å². The van der Waals surface area contributed by atoms with Gasteiger partial charge in [-0.1, -0.05) is 91.6 Å². The minimum absolute atomic E-state index is 0.0455. The van der Waals surface area contributed by atoms with E-state index in [1.807, 2.05) is 54.6 Å². The minimum atomic E-state index is -0.112. The van der Waals surface area contributed by atoms with Gasteiger partial charge in [0.2, 0.25) is 5.78 Å². The predicted octanol–water partition coefficient (Wildman–Crippen LogP) is 9.25. The average Bonchev–Trinajstić information content (AvgIpc) is 3.36. The summed E-state index contributed by atoms with van der Waals surface area (Å²) in [5.74, 6) is -0.0666. The summed E-state index contributed by atoms with van der Waals surface area (Å²) in [7, 11) is 0. The molecule has 0 saturated carbocycles. The first kappa shape index (κ1) is 22.8. The second-order valence-electron chi connectivity index (χ2n) is 8.38. The van der Waals surface area contributed by atoms with E-state index in [1.54, 1.807) is 0 Å². The molecule has 4 aromatic carbocycles. The molecule has 0 aromatic heterocycles. The average molecular weight is 620 g/mol. The van der Waals surface area contributed by atoms with Gasteiger partial charge in [-0.05, 0) is 75.8 Å². The molecule has 168 valence electrons. The Morgan fingerprint density at radius 2 is 1.69 bits per heavy atom. The molecule has 0 bridgehead atoms. The van der Waals surface area contributed by atoms with Crippen LogP contribution in [-0.2, 0) is 0 Å². The van der Waals surface area contributed by atoms with Crippen LogP contribution in [0.3, 0.4) is 0 Å². The molecule has 1 unspecified atom stereocenters. The monoisotopic (exact) mass is 617 g/mol. The van der Waals surface area contributed by atoms with Gasteiger partial charge in [0, 0.05) is 30.3 Å². The van der Waals surface area contributed by atoms with Crippen LogP contribution in [0.25, 0.3) is 16.7 Å². The summed E-state index contributed by atoms with van der Waals surface area (Å²) >= 11 is 14.8. The fraction of sp³-hybridized carbons (Fsp3) is 0.0345. The van der Waals surface area contributed by atoms with Crippen molar-refractivity contribution < 1.29 is 4.79 Å². The first-order valence-electron chi connectivity index (χ1n) is 10.8. The zero-order chi connectivity index (χ0) is 24.3. The van der Waals surface area contributed by atoms with E-state index in [0.29, 0.717) is 21.1 Å². The maximum atomic E-state index is 13.2. The molecule has 0 radical (unpaired) electrons. The third-order valence-electron chi connectivity index (χ3n) is 6.42. The van der Waals surface area contributed by atoms with Gasteiger partial charge >= 0.3 is 0 Å². The first-order valence-corrected chi connectivity index (χ1v) is 13.6. The first-order chi connectivity index (χ1) is 17.0. The summed E-state index contributed by atoms with van der Waals surface area (Å²) in [6, 6.07) is 28.3. The molecule has 1 atom stereocenters. The van der Waals surface area contributed by atoms with Crippen LogP contribution in [0.5, 0.6) is 0 Å². The summed E-state index contributed by atoms with van der Waals surface area (Å²) < 4.78 is 1.75. The SMILES string of the molecule is N#CC(=C1Sc2ccc(Br)cc2C1=O)c1cc(Br)c2c(c1)-c1ccccc1C2c1ccc(Cl)cc1. The lowest BCUT2D eigenvalue weighted by Crippen LogP contribution is -2.01. The molecule has 1 aliphatic carbocycles. The van der Waals surface area contributed by atoms with Crippen LogP contribution in [-0.4, -0.2) is 5.78 Å². The Bertz CT molecular complexity index is 1640. The third-order valence-corrected chi connectivity index (χ3v) is 8.99. The second-order valence-corrected chi connectivity index (χ2v) is 11.6. The lowest BCUT2D eigenvalue weighted by Gasteiger charge is -2.17. The molecule has 6 heteroatoms. The van der Waals surface area contributed by atoms with Crippen molar-refractivity contribution in [2.75, 3.05) is 0 Å². The number of nitrogens with zero attached hydrogens (tertiary/aromatic N) is 1. The minimum Gasteiger partial charge on any atom is -0.288 e. The highest BCUT2D eigenvalue weighted by Gasteiger charge is 2.34. The summed E-state index contributed by atoms with van der Waals surface area (Å²) in [5, 5.41) is 10.9. The fourth-order valence-corrected chi connectivity index (χ4v) is 7.15. The van der Waals surface area contributed by atoms with E-state index in [9.17, 15) is 10.1 Å². The number of nitriles is 1. The van der Waals surface area contributed by atoms with Crippen molar-refractivity contribution in [2.24, 2.45) is 0 Å². The normalized spacial score (nSPS) is 17.0. The lowest BCUT2D eigenvalue weighted by molar-refractivity contribution is 0.104. The highest BCUT2D eigenvalue weighted by molar-refractivity contribution is 9.10. The Morgan fingerprint density at radius 1 is 0.914 bits per heavy atom.